The molecule has 3 saturated carbocycles. The van der Waals surface area contributed by atoms with E-state index >= 15 is 0 Å². The normalized spacial score (nSPS) is 48.1. The van der Waals surface area contributed by atoms with Crippen molar-refractivity contribution in [3.05, 3.63) is 41.5 Å². The molecule has 6 fully saturated rings. The molecule has 0 radical (unpaired) electrons. The first-order valence-electron chi connectivity index (χ1n) is 23.7. The van der Waals surface area contributed by atoms with E-state index in [0.29, 0.717) is 38.5 Å². The van der Waals surface area contributed by atoms with Gasteiger partial charge >= 0.3 is 5.97 Å². The molecule has 17 nitrogen and oxygen atoms in total. The molecule has 370 valence electrons. The van der Waals surface area contributed by atoms with Gasteiger partial charge in [0.2, 0.25) is 0 Å². The average Bonchev–Trinajstić information content (AvgIpc) is 3.51. The maximum atomic E-state index is 13.7. The van der Waals surface area contributed by atoms with Gasteiger partial charge in [-0.3, -0.25) is 4.79 Å². The summed E-state index contributed by atoms with van der Waals surface area (Å²) in [6, 6.07) is 5.59. The third-order valence-corrected chi connectivity index (χ3v) is 17.2. The molecule has 17 heteroatoms. The first-order chi connectivity index (χ1) is 31.2. The van der Waals surface area contributed by atoms with Gasteiger partial charge in [0.25, 0.3) is 0 Å². The number of phenols is 1. The lowest BCUT2D eigenvalue weighted by atomic mass is 9.42. The number of phenolic OH excluding ortho intramolecular Hbond substituents is 1. The first-order valence-corrected chi connectivity index (χ1v) is 23.7. The number of ether oxygens (including phenoxy) is 10. The summed E-state index contributed by atoms with van der Waals surface area (Å²) in [6.07, 6.45) is -2.66. The van der Waals surface area contributed by atoms with Crippen molar-refractivity contribution in [2.24, 2.45) is 16.7 Å². The van der Waals surface area contributed by atoms with E-state index in [1.165, 1.54) is 31.2 Å². The first kappa shape index (κ1) is 49.8. The lowest BCUT2D eigenvalue weighted by Gasteiger charge is -2.67. The SMILES string of the molecule is CO[C@H]1C[C@@H](O[C@@H]2[C@H](C)O[C@@H](O[C@@H]3[C@H](C)O[C@@H](O[C@H]4CC[C@@]5(C)C(=CC[C@@]6(O)[C@H]5C[C@@H](OC(=O)c5ccc(O)cc5)[C@@]5(C)[C@]6(O)CC[C@@]5(O)C(C)=O)C4)C[C@@H]3OC)C[C@@H]2OC)O[C@H](C)[C@@H]1O. The van der Waals surface area contributed by atoms with Crippen molar-refractivity contribution in [2.45, 2.75) is 209 Å². The van der Waals surface area contributed by atoms with E-state index in [9.17, 15) is 35.1 Å². The molecule has 0 unspecified atom stereocenters. The van der Waals surface area contributed by atoms with Crippen LogP contribution in [0.15, 0.2) is 35.9 Å². The van der Waals surface area contributed by atoms with Crippen molar-refractivity contribution in [3.63, 3.8) is 0 Å². The maximum Gasteiger partial charge on any atom is 0.338 e. The Labute approximate surface area is 387 Å². The van der Waals surface area contributed by atoms with Crippen molar-refractivity contribution in [3.8, 4) is 5.75 Å². The molecule has 0 spiro atoms. The molecule has 4 aliphatic carbocycles. The van der Waals surface area contributed by atoms with E-state index in [-0.39, 0.29) is 49.2 Å². The molecule has 3 saturated heterocycles. The summed E-state index contributed by atoms with van der Waals surface area (Å²) in [4.78, 5) is 27.0. The highest BCUT2D eigenvalue weighted by Crippen LogP contribution is 2.71. The molecule has 3 heterocycles. The molecule has 1 aromatic rings. The molecular formula is C49H72O17. The zero-order valence-corrected chi connectivity index (χ0v) is 39.8. The zero-order valence-electron chi connectivity index (χ0n) is 39.8. The Bertz CT molecular complexity index is 1950. The molecule has 5 N–H and O–H groups in total. The monoisotopic (exact) mass is 932 g/mol. The third-order valence-electron chi connectivity index (χ3n) is 17.2. The van der Waals surface area contributed by atoms with Gasteiger partial charge in [0.15, 0.2) is 24.7 Å². The predicted octanol–water partition coefficient (Wildman–Crippen LogP) is 4.01. The molecule has 66 heavy (non-hydrogen) atoms. The largest absolute Gasteiger partial charge is 0.508 e. The summed E-state index contributed by atoms with van der Waals surface area (Å²) in [5.74, 6) is -1.94. The highest BCUT2D eigenvalue weighted by molar-refractivity contribution is 5.90. The van der Waals surface area contributed by atoms with Crippen LogP contribution in [0.1, 0.15) is 116 Å². The topological polar surface area (TPSA) is 228 Å². The van der Waals surface area contributed by atoms with Crippen LogP contribution < -0.4 is 0 Å². The number of carbonyl (C=O) groups excluding carboxylic acids is 2. The van der Waals surface area contributed by atoms with Gasteiger partial charge in [0.1, 0.15) is 47.0 Å². The zero-order chi connectivity index (χ0) is 47.7. The summed E-state index contributed by atoms with van der Waals surface area (Å²) in [6.45, 7) is 10.5. The van der Waals surface area contributed by atoms with Gasteiger partial charge in [0, 0.05) is 46.5 Å². The van der Waals surface area contributed by atoms with Crippen molar-refractivity contribution in [1.29, 1.82) is 0 Å². The standard InChI is InChI=1S/C49H72O17/c1-25-41(52)33(57-7)21-39(60-25)65-43-27(3)62-40(23-35(43)59-9)66-42-26(2)61-38(22-34(42)58-8)63-32-15-16-45(5)30(20-32)14-17-48(55)36(45)24-37(64-44(53)29-10-12-31(51)13-11-29)46(6)47(54,28(4)50)18-19-49(46,48)56/h10-14,25-27,32-43,51-52,54-56H,15-24H2,1-9H3/t25-,26+,27+,32+,33+,34+,35+,36+,37-,38+,39-,40+,41+,42-,43-,45+,46-,47-,48-,49-/m1/s1. The number of aromatic hydroxyl groups is 1. The van der Waals surface area contributed by atoms with Crippen LogP contribution in [0.4, 0.5) is 0 Å². The van der Waals surface area contributed by atoms with Crippen LogP contribution in [0.25, 0.3) is 0 Å². The number of ketones is 1. The lowest BCUT2D eigenvalue weighted by Crippen LogP contribution is -2.78. The number of methoxy groups -OCH3 is 3. The number of rotatable bonds is 12. The Morgan fingerprint density at radius 3 is 1.83 bits per heavy atom. The minimum Gasteiger partial charge on any atom is -0.508 e. The molecule has 0 bridgehead atoms. The fourth-order valence-corrected chi connectivity index (χ4v) is 13.2. The number of benzene rings is 1. The molecule has 1 aromatic carbocycles. The van der Waals surface area contributed by atoms with Crippen molar-refractivity contribution >= 4 is 11.8 Å². The van der Waals surface area contributed by atoms with E-state index in [2.05, 4.69) is 6.92 Å². The van der Waals surface area contributed by atoms with Gasteiger partial charge < -0.3 is 72.9 Å². The van der Waals surface area contributed by atoms with Crippen LogP contribution in [-0.2, 0) is 52.2 Å². The smallest absolute Gasteiger partial charge is 0.338 e. The van der Waals surface area contributed by atoms with E-state index < -0.39 is 119 Å². The fourth-order valence-electron chi connectivity index (χ4n) is 13.2. The highest BCUT2D eigenvalue weighted by Gasteiger charge is 2.81. The second kappa shape index (κ2) is 18.6. The van der Waals surface area contributed by atoms with Crippen molar-refractivity contribution < 1.29 is 82.5 Å². The minimum absolute atomic E-state index is 0.0274. The number of esters is 1. The Balaban J connectivity index is 0.927. The molecule has 0 aromatic heterocycles. The Morgan fingerprint density at radius 1 is 0.727 bits per heavy atom. The molecular weight excluding hydrogens is 861 g/mol. The van der Waals surface area contributed by atoms with E-state index in [1.807, 2.05) is 19.9 Å². The van der Waals surface area contributed by atoms with Gasteiger partial charge in [0.05, 0.1) is 53.7 Å². The number of aliphatic hydroxyl groups excluding tert-OH is 1. The van der Waals surface area contributed by atoms with Crippen LogP contribution in [0.3, 0.4) is 0 Å². The number of hydrogen-bond donors (Lipinski definition) is 5. The molecule has 20 atom stereocenters. The number of aliphatic hydroxyl groups is 4. The Kier molecular flexibility index (Phi) is 14.0. The molecule has 0 amide bonds. The van der Waals surface area contributed by atoms with Crippen LogP contribution in [0.2, 0.25) is 0 Å². The van der Waals surface area contributed by atoms with Crippen LogP contribution in [0.5, 0.6) is 5.75 Å². The Morgan fingerprint density at radius 2 is 1.27 bits per heavy atom. The third kappa shape index (κ3) is 8.18. The average molecular weight is 933 g/mol. The summed E-state index contributed by atoms with van der Waals surface area (Å²) in [5.41, 5.74) is -7.01. The van der Waals surface area contributed by atoms with Gasteiger partial charge in [-0.15, -0.1) is 0 Å². The fraction of sp³-hybridized carbons (Fsp3) is 0.796. The van der Waals surface area contributed by atoms with Crippen LogP contribution >= 0.6 is 0 Å². The Hall–Kier alpha value is -2.62. The number of hydrogen-bond acceptors (Lipinski definition) is 17. The maximum absolute atomic E-state index is 13.7. The predicted molar refractivity (Wildman–Crippen MR) is 233 cm³/mol. The van der Waals surface area contributed by atoms with Gasteiger partial charge in [-0.1, -0.05) is 18.6 Å². The number of fused-ring (bicyclic) bond motifs is 5. The van der Waals surface area contributed by atoms with Crippen LogP contribution in [0, 0.1) is 16.7 Å². The number of Topliss-reactive ketones (excluding diaryl/α,β-unsaturated/α-hetero) is 1. The van der Waals surface area contributed by atoms with Gasteiger partial charge in [-0.05, 0) is 109 Å². The summed E-state index contributed by atoms with van der Waals surface area (Å²) in [7, 11) is 4.82. The second-order valence-electron chi connectivity index (χ2n) is 20.5. The van der Waals surface area contributed by atoms with E-state index in [1.54, 1.807) is 35.2 Å². The van der Waals surface area contributed by atoms with Crippen molar-refractivity contribution in [2.75, 3.05) is 21.3 Å². The second-order valence-corrected chi connectivity index (χ2v) is 20.5. The summed E-state index contributed by atoms with van der Waals surface area (Å²) < 4.78 is 62.1. The molecule has 8 rings (SSSR count). The molecule has 3 aliphatic heterocycles. The summed E-state index contributed by atoms with van der Waals surface area (Å²) in [5, 5.41) is 58.2. The van der Waals surface area contributed by atoms with E-state index in [4.69, 9.17) is 47.4 Å². The van der Waals surface area contributed by atoms with Gasteiger partial charge in [-0.25, -0.2) is 4.79 Å². The number of carbonyl (C=O) groups is 2. The van der Waals surface area contributed by atoms with E-state index in [0.717, 1.165) is 5.57 Å². The molecule has 7 aliphatic rings. The van der Waals surface area contributed by atoms with Crippen LogP contribution in [-0.4, -0.2) is 161 Å². The minimum atomic E-state index is -2.07. The summed E-state index contributed by atoms with van der Waals surface area (Å²) >= 11 is 0. The van der Waals surface area contributed by atoms with Crippen molar-refractivity contribution in [1.82, 2.24) is 0 Å². The lowest BCUT2D eigenvalue weighted by molar-refractivity contribution is -0.338. The highest BCUT2D eigenvalue weighted by atomic mass is 16.7. The quantitative estimate of drug-likeness (QED) is 0.147. The van der Waals surface area contributed by atoms with Gasteiger partial charge in [-0.2, -0.15) is 0 Å².